The number of nitrogens with one attached hydrogen (secondary N) is 1. The fourth-order valence-electron chi connectivity index (χ4n) is 0.945. The molecule has 1 aromatic carbocycles. The summed E-state index contributed by atoms with van der Waals surface area (Å²) in [6.45, 7) is 2.27. The summed E-state index contributed by atoms with van der Waals surface area (Å²) >= 11 is 5.74. The van der Waals surface area contributed by atoms with Crippen LogP contribution >= 0.6 is 11.6 Å². The first-order chi connectivity index (χ1) is 6.33. The summed E-state index contributed by atoms with van der Waals surface area (Å²) in [5.74, 6) is 0. The number of ether oxygens (including phenoxy) is 1. The van der Waals surface area contributed by atoms with Gasteiger partial charge < -0.3 is 10.1 Å². The lowest BCUT2D eigenvalue weighted by atomic mass is 10.2. The van der Waals surface area contributed by atoms with Gasteiger partial charge in [0, 0.05) is 11.6 Å². The zero-order valence-electron chi connectivity index (χ0n) is 7.72. The van der Waals surface area contributed by atoms with E-state index in [4.69, 9.17) is 16.3 Å². The van der Waals surface area contributed by atoms with Gasteiger partial charge in [0.2, 0.25) is 0 Å². The molecule has 0 fully saturated rings. The molecule has 0 saturated heterocycles. The summed E-state index contributed by atoms with van der Waals surface area (Å²) in [6, 6.07) is 7.69. The molecule has 13 heavy (non-hydrogen) atoms. The predicted octanol–water partition coefficient (Wildman–Crippen LogP) is 2.08. The van der Waals surface area contributed by atoms with E-state index in [0.29, 0.717) is 6.61 Å². The molecule has 72 valence electrons. The van der Waals surface area contributed by atoms with Gasteiger partial charge in [-0.1, -0.05) is 23.7 Å². The molecule has 0 aliphatic carbocycles. The Bertz CT molecular complexity index is 235. The third-order valence-corrected chi connectivity index (χ3v) is 1.93. The average Bonchev–Trinajstić information content (AvgIpc) is 2.15. The number of rotatable bonds is 5. The van der Waals surface area contributed by atoms with Crippen molar-refractivity contribution in [3.63, 3.8) is 0 Å². The van der Waals surface area contributed by atoms with Crippen LogP contribution in [0.25, 0.3) is 0 Å². The molecule has 0 spiro atoms. The second-order valence-corrected chi connectivity index (χ2v) is 3.22. The van der Waals surface area contributed by atoms with E-state index in [2.05, 4.69) is 5.32 Å². The van der Waals surface area contributed by atoms with Crippen LogP contribution in [0.15, 0.2) is 24.3 Å². The molecule has 0 unspecified atom stereocenters. The van der Waals surface area contributed by atoms with Gasteiger partial charge in [0.1, 0.15) is 0 Å². The monoisotopic (exact) mass is 199 g/mol. The number of hydrogen-bond acceptors (Lipinski definition) is 2. The summed E-state index contributed by atoms with van der Waals surface area (Å²) < 4.78 is 5.39. The molecular weight excluding hydrogens is 186 g/mol. The number of benzene rings is 1. The van der Waals surface area contributed by atoms with E-state index in [0.717, 1.165) is 23.7 Å². The van der Waals surface area contributed by atoms with Gasteiger partial charge in [-0.25, -0.2) is 0 Å². The number of hydrogen-bond donors (Lipinski definition) is 1. The lowest BCUT2D eigenvalue weighted by molar-refractivity contribution is 0.124. The zero-order valence-corrected chi connectivity index (χ0v) is 8.47. The minimum absolute atomic E-state index is 0.652. The van der Waals surface area contributed by atoms with Crippen LogP contribution in [0, 0.1) is 0 Å². The fourth-order valence-corrected chi connectivity index (χ4v) is 1.07. The third kappa shape index (κ3) is 4.27. The van der Waals surface area contributed by atoms with Crippen molar-refractivity contribution in [2.75, 3.05) is 20.2 Å². The van der Waals surface area contributed by atoms with Crippen molar-refractivity contribution in [1.82, 2.24) is 5.32 Å². The Morgan fingerprint density at radius 1 is 1.31 bits per heavy atom. The molecule has 1 aromatic rings. The summed E-state index contributed by atoms with van der Waals surface area (Å²) in [6.07, 6.45) is 0. The van der Waals surface area contributed by atoms with Crippen molar-refractivity contribution in [1.29, 1.82) is 0 Å². The van der Waals surface area contributed by atoms with Gasteiger partial charge in [0.05, 0.1) is 13.2 Å². The highest BCUT2D eigenvalue weighted by molar-refractivity contribution is 6.30. The Morgan fingerprint density at radius 3 is 2.62 bits per heavy atom. The quantitative estimate of drug-likeness (QED) is 0.734. The zero-order chi connectivity index (χ0) is 9.52. The second-order valence-electron chi connectivity index (χ2n) is 2.78. The van der Waals surface area contributed by atoms with Gasteiger partial charge >= 0.3 is 0 Å². The third-order valence-electron chi connectivity index (χ3n) is 1.68. The van der Waals surface area contributed by atoms with Crippen LogP contribution in [-0.4, -0.2) is 20.2 Å². The smallest absolute Gasteiger partial charge is 0.0717 e. The molecule has 1 N–H and O–H groups in total. The SMILES string of the molecule is CNCCOCc1ccc(Cl)cc1. The first kappa shape index (κ1) is 10.5. The molecule has 0 bridgehead atoms. The van der Waals surface area contributed by atoms with Crippen molar-refractivity contribution in [3.8, 4) is 0 Å². The molecule has 2 nitrogen and oxygen atoms in total. The van der Waals surface area contributed by atoms with E-state index in [-0.39, 0.29) is 0 Å². The van der Waals surface area contributed by atoms with Gasteiger partial charge in [0.15, 0.2) is 0 Å². The molecule has 0 aliphatic rings. The Morgan fingerprint density at radius 2 is 2.00 bits per heavy atom. The van der Waals surface area contributed by atoms with Gasteiger partial charge in [-0.3, -0.25) is 0 Å². The maximum atomic E-state index is 5.74. The van der Waals surface area contributed by atoms with Gasteiger partial charge in [-0.05, 0) is 24.7 Å². The molecule has 0 aromatic heterocycles. The van der Waals surface area contributed by atoms with Gasteiger partial charge in [0.25, 0.3) is 0 Å². The van der Waals surface area contributed by atoms with Crippen LogP contribution < -0.4 is 5.32 Å². The average molecular weight is 200 g/mol. The van der Waals surface area contributed by atoms with E-state index < -0.39 is 0 Å². The fraction of sp³-hybridized carbons (Fsp3) is 0.400. The van der Waals surface area contributed by atoms with Crippen LogP contribution in [0.1, 0.15) is 5.56 Å². The van der Waals surface area contributed by atoms with Crippen molar-refractivity contribution in [2.24, 2.45) is 0 Å². The molecule has 3 heteroatoms. The highest BCUT2D eigenvalue weighted by Crippen LogP contribution is 2.09. The summed E-state index contributed by atoms with van der Waals surface area (Å²) in [4.78, 5) is 0. The molecule has 0 aliphatic heterocycles. The van der Waals surface area contributed by atoms with Gasteiger partial charge in [-0.2, -0.15) is 0 Å². The molecule has 0 atom stereocenters. The Balaban J connectivity index is 2.25. The van der Waals surface area contributed by atoms with Crippen molar-refractivity contribution >= 4 is 11.6 Å². The van der Waals surface area contributed by atoms with Crippen molar-refractivity contribution in [3.05, 3.63) is 34.9 Å². The van der Waals surface area contributed by atoms with Crippen molar-refractivity contribution in [2.45, 2.75) is 6.61 Å². The Kier molecular flexibility index (Phi) is 4.83. The molecule has 0 amide bonds. The van der Waals surface area contributed by atoms with Crippen LogP contribution in [0.4, 0.5) is 0 Å². The molecule has 0 saturated carbocycles. The van der Waals surface area contributed by atoms with E-state index in [1.807, 2.05) is 31.3 Å². The van der Waals surface area contributed by atoms with Crippen LogP contribution in [-0.2, 0) is 11.3 Å². The van der Waals surface area contributed by atoms with E-state index in [9.17, 15) is 0 Å². The molecule has 1 rings (SSSR count). The Labute approximate surface area is 83.9 Å². The first-order valence-corrected chi connectivity index (χ1v) is 4.67. The van der Waals surface area contributed by atoms with E-state index in [1.54, 1.807) is 0 Å². The summed E-state index contributed by atoms with van der Waals surface area (Å²) in [5, 5.41) is 3.78. The lowest BCUT2D eigenvalue weighted by Crippen LogP contribution is -2.13. The van der Waals surface area contributed by atoms with E-state index in [1.165, 1.54) is 0 Å². The summed E-state index contributed by atoms with van der Waals surface area (Å²) in [7, 11) is 1.91. The van der Waals surface area contributed by atoms with E-state index >= 15 is 0 Å². The molecule has 0 heterocycles. The normalized spacial score (nSPS) is 10.3. The Hall–Kier alpha value is -0.570. The number of halogens is 1. The minimum atomic E-state index is 0.652. The molecule has 0 radical (unpaired) electrons. The maximum absolute atomic E-state index is 5.74. The summed E-state index contributed by atoms with van der Waals surface area (Å²) in [5.41, 5.74) is 1.15. The van der Waals surface area contributed by atoms with Gasteiger partial charge in [-0.15, -0.1) is 0 Å². The standard InChI is InChI=1S/C10H14ClNO/c1-12-6-7-13-8-9-2-4-10(11)5-3-9/h2-5,12H,6-8H2,1H3. The minimum Gasteiger partial charge on any atom is -0.375 e. The van der Waals surface area contributed by atoms with Crippen LogP contribution in [0.2, 0.25) is 5.02 Å². The topological polar surface area (TPSA) is 21.3 Å². The van der Waals surface area contributed by atoms with Crippen LogP contribution in [0.3, 0.4) is 0 Å². The lowest BCUT2D eigenvalue weighted by Gasteiger charge is -2.03. The first-order valence-electron chi connectivity index (χ1n) is 4.29. The highest BCUT2D eigenvalue weighted by atomic mass is 35.5. The highest BCUT2D eigenvalue weighted by Gasteiger charge is 1.92. The predicted molar refractivity (Wildman–Crippen MR) is 55.0 cm³/mol. The number of likely N-dealkylation sites (N-methyl/N-ethyl adjacent to an activating group) is 1. The van der Waals surface area contributed by atoms with Crippen molar-refractivity contribution < 1.29 is 4.74 Å². The molecular formula is C10H14ClNO. The van der Waals surface area contributed by atoms with Crippen LogP contribution in [0.5, 0.6) is 0 Å². The maximum Gasteiger partial charge on any atom is 0.0717 e. The second kappa shape index (κ2) is 5.97. The largest absolute Gasteiger partial charge is 0.375 e.